The van der Waals surface area contributed by atoms with Crippen LogP contribution >= 0.6 is 0 Å². The molecule has 0 bridgehead atoms. The summed E-state index contributed by atoms with van der Waals surface area (Å²) in [5.41, 5.74) is 0.202. The van der Waals surface area contributed by atoms with Crippen LogP contribution in [-0.2, 0) is 9.53 Å². The minimum absolute atomic E-state index is 0.142. The van der Waals surface area contributed by atoms with Gasteiger partial charge in [0.05, 0.1) is 6.10 Å². The van der Waals surface area contributed by atoms with Crippen molar-refractivity contribution in [2.75, 3.05) is 6.61 Å². The van der Waals surface area contributed by atoms with Crippen molar-refractivity contribution in [1.82, 2.24) is 0 Å². The Balaban J connectivity index is 3.84. The van der Waals surface area contributed by atoms with Gasteiger partial charge in [0.15, 0.2) is 5.78 Å². The molecule has 0 saturated carbocycles. The molecule has 0 aromatic heterocycles. The average Bonchev–Trinajstić information content (AvgIpc) is 1.99. The molecule has 0 rings (SSSR count). The third kappa shape index (κ3) is 6.14. The molecule has 1 unspecified atom stereocenters. The van der Waals surface area contributed by atoms with Crippen molar-refractivity contribution in [3.05, 3.63) is 0 Å². The highest BCUT2D eigenvalue weighted by atomic mass is 16.5. The number of Topliss-reactive ketones (excluding diaryl/α,β-unsaturated/α-hetero) is 1. The summed E-state index contributed by atoms with van der Waals surface area (Å²) >= 11 is 0. The van der Waals surface area contributed by atoms with Crippen LogP contribution in [0.1, 0.15) is 48.0 Å². The second-order valence-corrected chi connectivity index (χ2v) is 5.37. The van der Waals surface area contributed by atoms with Gasteiger partial charge >= 0.3 is 0 Å². The van der Waals surface area contributed by atoms with Crippen molar-refractivity contribution >= 4 is 5.78 Å². The molecule has 0 saturated heterocycles. The lowest BCUT2D eigenvalue weighted by Gasteiger charge is -2.26. The van der Waals surface area contributed by atoms with Crippen LogP contribution in [0.2, 0.25) is 0 Å². The van der Waals surface area contributed by atoms with Crippen LogP contribution < -0.4 is 0 Å². The van der Waals surface area contributed by atoms with Gasteiger partial charge in [0.2, 0.25) is 0 Å². The number of hydrogen-bond acceptors (Lipinski definition) is 2. The highest BCUT2D eigenvalue weighted by Gasteiger charge is 2.22. The zero-order valence-electron chi connectivity index (χ0n) is 10.4. The van der Waals surface area contributed by atoms with Gasteiger partial charge in [0.25, 0.3) is 0 Å². The fraction of sp³-hybridized carbons (Fsp3) is 0.917. The summed E-state index contributed by atoms with van der Waals surface area (Å²) in [6, 6.07) is 0. The molecule has 2 heteroatoms. The molecular weight excluding hydrogens is 176 g/mol. The summed E-state index contributed by atoms with van der Waals surface area (Å²) in [6.07, 6.45) is 0.764. The molecule has 0 spiro atoms. The molecule has 2 nitrogen and oxygen atoms in total. The number of rotatable bonds is 5. The van der Waals surface area contributed by atoms with Crippen LogP contribution in [0.25, 0.3) is 0 Å². The Morgan fingerprint density at radius 2 is 1.71 bits per heavy atom. The van der Waals surface area contributed by atoms with E-state index in [2.05, 4.69) is 27.7 Å². The van der Waals surface area contributed by atoms with Gasteiger partial charge in [-0.15, -0.1) is 0 Å². The van der Waals surface area contributed by atoms with Crippen LogP contribution in [0.15, 0.2) is 0 Å². The SMILES string of the molecule is CC(C)OCC(=O)CC(C)C(C)(C)C. The zero-order valence-corrected chi connectivity index (χ0v) is 10.4. The highest BCUT2D eigenvalue weighted by Crippen LogP contribution is 2.28. The summed E-state index contributed by atoms with van der Waals surface area (Å²) in [6.45, 7) is 12.8. The molecule has 14 heavy (non-hydrogen) atoms. The molecule has 0 N–H and O–H groups in total. The van der Waals surface area contributed by atoms with E-state index in [0.717, 1.165) is 0 Å². The minimum Gasteiger partial charge on any atom is -0.371 e. The molecule has 84 valence electrons. The first-order chi connectivity index (χ1) is 6.23. The Bertz CT molecular complexity index is 177. The maximum absolute atomic E-state index is 11.5. The summed E-state index contributed by atoms with van der Waals surface area (Å²) in [4.78, 5) is 11.5. The predicted molar refractivity (Wildman–Crippen MR) is 59.3 cm³/mol. The van der Waals surface area contributed by atoms with Gasteiger partial charge in [-0.2, -0.15) is 0 Å². The maximum atomic E-state index is 11.5. The summed E-state index contributed by atoms with van der Waals surface area (Å²) < 4.78 is 5.27. The lowest BCUT2D eigenvalue weighted by molar-refractivity contribution is -0.126. The predicted octanol–water partition coefficient (Wildman–Crippen LogP) is 3.05. The van der Waals surface area contributed by atoms with E-state index in [4.69, 9.17) is 4.74 Å². The number of ketones is 1. The fourth-order valence-corrected chi connectivity index (χ4v) is 0.966. The van der Waals surface area contributed by atoms with Crippen molar-refractivity contribution in [2.45, 2.75) is 54.1 Å². The van der Waals surface area contributed by atoms with Crippen molar-refractivity contribution < 1.29 is 9.53 Å². The largest absolute Gasteiger partial charge is 0.371 e. The van der Waals surface area contributed by atoms with E-state index in [9.17, 15) is 4.79 Å². The molecule has 0 aliphatic rings. The molecule has 0 aliphatic carbocycles. The van der Waals surface area contributed by atoms with E-state index in [0.29, 0.717) is 12.3 Å². The van der Waals surface area contributed by atoms with Gasteiger partial charge in [0, 0.05) is 6.42 Å². The smallest absolute Gasteiger partial charge is 0.158 e. The molecule has 0 aliphatic heterocycles. The Morgan fingerprint density at radius 1 is 1.21 bits per heavy atom. The molecular formula is C12H24O2. The molecule has 0 heterocycles. The standard InChI is InChI=1S/C12H24O2/c1-9(2)14-8-11(13)7-10(3)12(4,5)6/h9-10H,7-8H2,1-6H3. The van der Waals surface area contributed by atoms with Crippen molar-refractivity contribution in [1.29, 1.82) is 0 Å². The maximum Gasteiger partial charge on any atom is 0.158 e. The first-order valence-corrected chi connectivity index (χ1v) is 5.36. The van der Waals surface area contributed by atoms with Crippen molar-refractivity contribution in [3.8, 4) is 0 Å². The average molecular weight is 200 g/mol. The van der Waals surface area contributed by atoms with E-state index in [1.807, 2.05) is 13.8 Å². The second-order valence-electron chi connectivity index (χ2n) is 5.37. The lowest BCUT2D eigenvalue weighted by atomic mass is 9.79. The van der Waals surface area contributed by atoms with Crippen LogP contribution in [0.3, 0.4) is 0 Å². The van der Waals surface area contributed by atoms with Crippen LogP contribution in [0, 0.1) is 11.3 Å². The monoisotopic (exact) mass is 200 g/mol. The summed E-state index contributed by atoms with van der Waals surface area (Å²) in [7, 11) is 0. The molecule has 0 amide bonds. The topological polar surface area (TPSA) is 26.3 Å². The van der Waals surface area contributed by atoms with Crippen LogP contribution in [0.4, 0.5) is 0 Å². The third-order valence-corrected chi connectivity index (χ3v) is 2.59. The van der Waals surface area contributed by atoms with Gasteiger partial charge < -0.3 is 4.74 Å². The number of carbonyl (C=O) groups is 1. The number of carbonyl (C=O) groups excluding carboxylic acids is 1. The molecule has 0 aromatic carbocycles. The van der Waals surface area contributed by atoms with Gasteiger partial charge in [-0.05, 0) is 25.2 Å². The van der Waals surface area contributed by atoms with Crippen molar-refractivity contribution in [3.63, 3.8) is 0 Å². The Hall–Kier alpha value is -0.370. The van der Waals surface area contributed by atoms with Gasteiger partial charge in [-0.1, -0.05) is 27.7 Å². The third-order valence-electron chi connectivity index (χ3n) is 2.59. The van der Waals surface area contributed by atoms with Crippen molar-refractivity contribution in [2.24, 2.45) is 11.3 Å². The minimum atomic E-state index is 0.142. The zero-order chi connectivity index (χ0) is 11.4. The summed E-state index contributed by atoms with van der Waals surface area (Å²) in [5, 5.41) is 0. The van der Waals surface area contributed by atoms with E-state index >= 15 is 0 Å². The molecule has 0 radical (unpaired) electrons. The molecule has 0 fully saturated rings. The number of ether oxygens (including phenoxy) is 1. The van der Waals surface area contributed by atoms with E-state index in [-0.39, 0.29) is 23.9 Å². The van der Waals surface area contributed by atoms with E-state index < -0.39 is 0 Å². The second kappa shape index (κ2) is 5.50. The Labute approximate surface area is 88.0 Å². The van der Waals surface area contributed by atoms with Gasteiger partial charge in [-0.25, -0.2) is 0 Å². The quantitative estimate of drug-likeness (QED) is 0.682. The highest BCUT2D eigenvalue weighted by molar-refractivity contribution is 5.79. The summed E-state index contributed by atoms with van der Waals surface area (Å²) in [5.74, 6) is 0.617. The normalized spacial score (nSPS) is 14.5. The van der Waals surface area contributed by atoms with Crippen LogP contribution in [0.5, 0.6) is 0 Å². The number of hydrogen-bond donors (Lipinski definition) is 0. The Morgan fingerprint density at radius 3 is 2.07 bits per heavy atom. The first-order valence-electron chi connectivity index (χ1n) is 5.36. The lowest BCUT2D eigenvalue weighted by Crippen LogP contribution is -2.23. The van der Waals surface area contributed by atoms with E-state index in [1.165, 1.54) is 0 Å². The van der Waals surface area contributed by atoms with Gasteiger partial charge in [-0.3, -0.25) is 4.79 Å². The van der Waals surface area contributed by atoms with E-state index in [1.54, 1.807) is 0 Å². The Kier molecular flexibility index (Phi) is 5.35. The van der Waals surface area contributed by atoms with Gasteiger partial charge in [0.1, 0.15) is 6.61 Å². The first kappa shape index (κ1) is 13.6. The molecule has 0 aromatic rings. The fourth-order valence-electron chi connectivity index (χ4n) is 0.966. The molecule has 1 atom stereocenters. The van der Waals surface area contributed by atoms with Crippen LogP contribution in [-0.4, -0.2) is 18.5 Å².